The third-order valence-electron chi connectivity index (χ3n) is 5.49. The van der Waals surface area contributed by atoms with Crippen molar-refractivity contribution in [2.45, 2.75) is 12.3 Å². The Morgan fingerprint density at radius 1 is 1.12 bits per heavy atom. The van der Waals surface area contributed by atoms with Gasteiger partial charge in [0.2, 0.25) is 5.75 Å². The van der Waals surface area contributed by atoms with Crippen LogP contribution in [0.2, 0.25) is 0 Å². The maximum Gasteiger partial charge on any atom is 0.254 e. The summed E-state index contributed by atoms with van der Waals surface area (Å²) in [5.74, 6) is 1.60. The molecule has 0 radical (unpaired) electrons. The van der Waals surface area contributed by atoms with Crippen molar-refractivity contribution >= 4 is 5.91 Å². The van der Waals surface area contributed by atoms with Crippen LogP contribution < -0.4 is 19.8 Å². The van der Waals surface area contributed by atoms with Gasteiger partial charge in [0, 0.05) is 48.6 Å². The van der Waals surface area contributed by atoms with Crippen LogP contribution in [0.25, 0.3) is 11.3 Å². The topological polar surface area (TPSA) is 107 Å². The molecule has 0 spiro atoms. The summed E-state index contributed by atoms with van der Waals surface area (Å²) < 4.78 is 16.1. The molecule has 3 aromatic rings. The van der Waals surface area contributed by atoms with Crippen LogP contribution in [0.4, 0.5) is 0 Å². The van der Waals surface area contributed by atoms with Crippen LogP contribution in [0.1, 0.15) is 28.5 Å². The summed E-state index contributed by atoms with van der Waals surface area (Å²) in [6, 6.07) is 8.38. The van der Waals surface area contributed by atoms with Crippen molar-refractivity contribution in [1.29, 1.82) is 0 Å². The van der Waals surface area contributed by atoms with Crippen molar-refractivity contribution in [2.24, 2.45) is 0 Å². The first-order chi connectivity index (χ1) is 15.5. The van der Waals surface area contributed by atoms with E-state index in [1.165, 1.54) is 27.4 Å². The number of likely N-dealkylation sites (tertiary alicyclic amines) is 1. The van der Waals surface area contributed by atoms with Gasteiger partial charge >= 0.3 is 0 Å². The van der Waals surface area contributed by atoms with Crippen LogP contribution in [0.5, 0.6) is 17.2 Å². The maximum absolute atomic E-state index is 13.2. The second-order valence-electron chi connectivity index (χ2n) is 7.41. The van der Waals surface area contributed by atoms with E-state index in [-0.39, 0.29) is 17.4 Å². The molecule has 3 heterocycles. The predicted molar refractivity (Wildman–Crippen MR) is 117 cm³/mol. The minimum absolute atomic E-state index is 0.0784. The summed E-state index contributed by atoms with van der Waals surface area (Å²) in [6.45, 7) is 0.982. The van der Waals surface area contributed by atoms with E-state index in [0.29, 0.717) is 53.8 Å². The van der Waals surface area contributed by atoms with Gasteiger partial charge in [-0.3, -0.25) is 14.6 Å². The summed E-state index contributed by atoms with van der Waals surface area (Å²) >= 11 is 0. The number of benzene rings is 1. The molecular formula is C23H24N4O5. The highest BCUT2D eigenvalue weighted by Gasteiger charge is 2.31. The first-order valence-corrected chi connectivity index (χ1v) is 10.1. The minimum Gasteiger partial charge on any atom is -0.493 e. The number of hydrogen-bond acceptors (Lipinski definition) is 7. The number of nitrogens with zero attached hydrogens (tertiary/aromatic N) is 3. The Kier molecular flexibility index (Phi) is 6.07. The fourth-order valence-corrected chi connectivity index (χ4v) is 3.89. The lowest BCUT2D eigenvalue weighted by molar-refractivity contribution is 0.0789. The third kappa shape index (κ3) is 4.14. The highest BCUT2D eigenvalue weighted by Crippen LogP contribution is 2.39. The summed E-state index contributed by atoms with van der Waals surface area (Å²) in [5, 5.41) is 0. The van der Waals surface area contributed by atoms with E-state index in [2.05, 4.69) is 15.0 Å². The van der Waals surface area contributed by atoms with Crippen LogP contribution in [-0.2, 0) is 0 Å². The molecule has 0 bridgehead atoms. The largest absolute Gasteiger partial charge is 0.493 e. The number of aromatic nitrogens is 3. The van der Waals surface area contributed by atoms with Gasteiger partial charge < -0.3 is 24.1 Å². The lowest BCUT2D eigenvalue weighted by Gasteiger charge is -2.19. The molecule has 1 fully saturated rings. The van der Waals surface area contributed by atoms with Gasteiger partial charge in [0.15, 0.2) is 11.5 Å². The first-order valence-electron chi connectivity index (χ1n) is 10.1. The summed E-state index contributed by atoms with van der Waals surface area (Å²) in [7, 11) is 4.53. The molecule has 0 aliphatic carbocycles. The molecule has 9 nitrogen and oxygen atoms in total. The number of carbonyl (C=O) groups excluding carboxylic acids is 1. The Morgan fingerprint density at radius 2 is 1.88 bits per heavy atom. The smallest absolute Gasteiger partial charge is 0.254 e. The van der Waals surface area contributed by atoms with E-state index >= 15 is 0 Å². The number of amides is 1. The Hall–Kier alpha value is -3.88. The van der Waals surface area contributed by atoms with Crippen LogP contribution in [0, 0.1) is 0 Å². The van der Waals surface area contributed by atoms with Gasteiger partial charge in [-0.2, -0.15) is 0 Å². The molecule has 1 saturated heterocycles. The molecule has 32 heavy (non-hydrogen) atoms. The predicted octanol–water partition coefficient (Wildman–Crippen LogP) is 2.49. The van der Waals surface area contributed by atoms with Gasteiger partial charge in [-0.15, -0.1) is 0 Å². The fourth-order valence-electron chi connectivity index (χ4n) is 3.89. The van der Waals surface area contributed by atoms with Gasteiger partial charge in [-0.1, -0.05) is 0 Å². The number of ether oxygens (including phenoxy) is 3. The molecule has 1 unspecified atom stereocenters. The SMILES string of the molecule is COc1cc(C(=O)N2CCC(c3nc(-c4cccnc4)cc(=O)[nH]3)C2)cc(OC)c1OC. The van der Waals surface area contributed by atoms with E-state index in [9.17, 15) is 9.59 Å². The van der Waals surface area contributed by atoms with E-state index in [1.54, 1.807) is 35.5 Å². The molecule has 0 saturated carbocycles. The maximum atomic E-state index is 13.2. The van der Waals surface area contributed by atoms with Crippen LogP contribution in [0.15, 0.2) is 47.5 Å². The minimum atomic E-state index is -0.233. The van der Waals surface area contributed by atoms with Crippen molar-refractivity contribution in [3.63, 3.8) is 0 Å². The number of pyridine rings is 1. The van der Waals surface area contributed by atoms with E-state index in [1.807, 2.05) is 6.07 Å². The van der Waals surface area contributed by atoms with Crippen molar-refractivity contribution in [3.05, 3.63) is 64.5 Å². The zero-order chi connectivity index (χ0) is 22.7. The standard InChI is InChI=1S/C23H24N4O5/c1-30-18-9-16(10-19(31-2)21(18)32-3)23(29)27-8-6-15(13-27)22-25-17(11-20(28)26-22)14-5-4-7-24-12-14/h4-5,7,9-12,15H,6,8,13H2,1-3H3,(H,25,26,28). The fraction of sp³-hybridized carbons (Fsp3) is 0.304. The Labute approximate surface area is 185 Å². The molecule has 1 atom stereocenters. The average Bonchev–Trinajstić information content (AvgIpc) is 3.33. The van der Waals surface area contributed by atoms with Crippen LogP contribution in [-0.4, -0.2) is 60.2 Å². The van der Waals surface area contributed by atoms with Gasteiger partial charge in [0.25, 0.3) is 11.5 Å². The zero-order valence-corrected chi connectivity index (χ0v) is 18.1. The van der Waals surface area contributed by atoms with E-state index < -0.39 is 0 Å². The number of carbonyl (C=O) groups is 1. The van der Waals surface area contributed by atoms with Gasteiger partial charge in [0.1, 0.15) is 5.82 Å². The lowest BCUT2D eigenvalue weighted by atomic mass is 10.1. The molecule has 4 rings (SSSR count). The van der Waals surface area contributed by atoms with Gasteiger partial charge in [-0.25, -0.2) is 4.98 Å². The number of rotatable bonds is 6. The normalized spacial score (nSPS) is 15.5. The van der Waals surface area contributed by atoms with Crippen molar-refractivity contribution in [3.8, 4) is 28.5 Å². The summed E-state index contributed by atoms with van der Waals surface area (Å²) in [5.41, 5.74) is 1.53. The number of H-pyrrole nitrogens is 1. The van der Waals surface area contributed by atoms with Gasteiger partial charge in [-0.05, 0) is 30.7 Å². The van der Waals surface area contributed by atoms with Crippen molar-refractivity contribution in [1.82, 2.24) is 19.9 Å². The van der Waals surface area contributed by atoms with E-state index in [0.717, 1.165) is 5.56 Å². The number of hydrogen-bond donors (Lipinski definition) is 1. The second-order valence-corrected chi connectivity index (χ2v) is 7.41. The van der Waals surface area contributed by atoms with Gasteiger partial charge in [0.05, 0.1) is 27.0 Å². The second kappa shape index (κ2) is 9.09. The zero-order valence-electron chi connectivity index (χ0n) is 18.1. The third-order valence-corrected chi connectivity index (χ3v) is 5.49. The number of aromatic amines is 1. The summed E-state index contributed by atoms with van der Waals surface area (Å²) in [4.78, 5) is 38.7. The molecule has 166 valence electrons. The monoisotopic (exact) mass is 436 g/mol. The van der Waals surface area contributed by atoms with E-state index in [4.69, 9.17) is 14.2 Å². The average molecular weight is 436 g/mol. The number of nitrogens with one attached hydrogen (secondary N) is 1. The molecule has 2 aromatic heterocycles. The molecular weight excluding hydrogens is 412 g/mol. The van der Waals surface area contributed by atoms with Crippen molar-refractivity contribution in [2.75, 3.05) is 34.4 Å². The Morgan fingerprint density at radius 3 is 2.50 bits per heavy atom. The quantitative estimate of drug-likeness (QED) is 0.633. The first kappa shape index (κ1) is 21.4. The molecule has 1 aliphatic rings. The van der Waals surface area contributed by atoms with Crippen LogP contribution in [0.3, 0.4) is 0 Å². The Balaban J connectivity index is 1.57. The number of methoxy groups -OCH3 is 3. The molecule has 9 heteroatoms. The summed E-state index contributed by atoms with van der Waals surface area (Å²) in [6.07, 6.45) is 4.03. The van der Waals surface area contributed by atoms with Crippen LogP contribution >= 0.6 is 0 Å². The highest BCUT2D eigenvalue weighted by molar-refractivity contribution is 5.96. The highest BCUT2D eigenvalue weighted by atomic mass is 16.5. The molecule has 1 aromatic carbocycles. The molecule has 1 N–H and O–H groups in total. The lowest BCUT2D eigenvalue weighted by Crippen LogP contribution is -2.29. The molecule has 1 aliphatic heterocycles. The molecule has 1 amide bonds. The Bertz CT molecular complexity index is 1150. The van der Waals surface area contributed by atoms with Crippen molar-refractivity contribution < 1.29 is 19.0 Å².